The molecule has 0 spiro atoms. The molecule has 10 rings (SSSR count). The Morgan fingerprint density at radius 2 is 1.00 bits per heavy atom. The molecule has 322 valence electrons. The molecule has 0 radical (unpaired) electrons. The number of hydrogen-bond acceptors (Lipinski definition) is 4. The maximum atomic E-state index is 6.82. The molecule has 0 saturated heterocycles. The molecule has 6 heteroatoms. The van der Waals surface area contributed by atoms with E-state index in [0.717, 1.165) is 57.2 Å². The molecule has 1 aliphatic heterocycles. The van der Waals surface area contributed by atoms with Crippen LogP contribution in [-0.2, 0) is 16.2 Å². The number of ether oxygens (including phenoxy) is 1. The molecular weight excluding hydrogens is 783 g/mol. The molecule has 1 aliphatic rings. The second-order valence-electron chi connectivity index (χ2n) is 20.8. The van der Waals surface area contributed by atoms with E-state index in [1.807, 2.05) is 6.20 Å². The Labute approximate surface area is 378 Å². The minimum absolute atomic E-state index is 0.0362. The number of para-hydroxylation sites is 2. The number of hydrogen-bond donors (Lipinski definition) is 0. The second-order valence-corrected chi connectivity index (χ2v) is 20.8. The van der Waals surface area contributed by atoms with Gasteiger partial charge in [-0.2, -0.15) is 0 Å². The van der Waals surface area contributed by atoms with E-state index < -0.39 is 0 Å². The van der Waals surface area contributed by atoms with Gasteiger partial charge in [-0.25, -0.2) is 4.98 Å². The molecule has 0 saturated carbocycles. The quantitative estimate of drug-likeness (QED) is 0.167. The third kappa shape index (κ3) is 7.10. The van der Waals surface area contributed by atoms with E-state index >= 15 is 0 Å². The SMILES string of the molecule is CC1=C(C)N(c2cc(C(C)(C)C)cc(C(C)(C)C)c2)CN1c1cccc(Oc2ccc3c4cc(-n5c6ccccc6c6ccccc65)ccc4n(-c4cc(C(C)(C)C)ccn4)c3c2)c1. The molecule has 0 amide bonds. The lowest BCUT2D eigenvalue weighted by molar-refractivity contribution is 0.483. The Hall–Kier alpha value is -6.79. The Bertz CT molecular complexity index is 3240. The van der Waals surface area contributed by atoms with E-state index in [-0.39, 0.29) is 16.2 Å². The summed E-state index contributed by atoms with van der Waals surface area (Å²) in [6.07, 6.45) is 1.94. The third-order valence-electron chi connectivity index (χ3n) is 13.3. The number of anilines is 2. The number of benzene rings is 6. The van der Waals surface area contributed by atoms with Crippen molar-refractivity contribution < 1.29 is 4.74 Å². The predicted molar refractivity (Wildman–Crippen MR) is 270 cm³/mol. The van der Waals surface area contributed by atoms with Crippen molar-refractivity contribution in [3.8, 4) is 23.0 Å². The maximum absolute atomic E-state index is 6.82. The van der Waals surface area contributed by atoms with Crippen LogP contribution in [0.2, 0.25) is 0 Å². The van der Waals surface area contributed by atoms with Crippen LogP contribution in [0.1, 0.15) is 92.9 Å². The van der Waals surface area contributed by atoms with Gasteiger partial charge in [0.25, 0.3) is 0 Å². The zero-order valence-corrected chi connectivity index (χ0v) is 39.2. The van der Waals surface area contributed by atoms with Gasteiger partial charge < -0.3 is 19.1 Å². The van der Waals surface area contributed by atoms with Crippen molar-refractivity contribution in [3.63, 3.8) is 0 Å². The van der Waals surface area contributed by atoms with Crippen molar-refractivity contribution in [1.82, 2.24) is 14.1 Å². The number of allylic oxidation sites excluding steroid dienone is 2. The summed E-state index contributed by atoms with van der Waals surface area (Å²) < 4.78 is 11.5. The number of fused-ring (bicyclic) bond motifs is 6. The van der Waals surface area contributed by atoms with Crippen LogP contribution in [0.3, 0.4) is 0 Å². The molecule has 4 heterocycles. The average Bonchev–Trinajstić information content (AvgIpc) is 3.88. The highest BCUT2D eigenvalue weighted by Crippen LogP contribution is 2.42. The lowest BCUT2D eigenvalue weighted by Gasteiger charge is -2.30. The van der Waals surface area contributed by atoms with Gasteiger partial charge in [-0.15, -0.1) is 0 Å². The van der Waals surface area contributed by atoms with Crippen molar-refractivity contribution in [2.45, 2.75) is 92.4 Å². The topological polar surface area (TPSA) is 38.5 Å². The molecule has 0 aliphatic carbocycles. The minimum Gasteiger partial charge on any atom is -0.457 e. The first-order valence-electron chi connectivity index (χ1n) is 22.6. The largest absolute Gasteiger partial charge is 0.457 e. The summed E-state index contributed by atoms with van der Waals surface area (Å²) in [6, 6.07) is 50.7. The highest BCUT2D eigenvalue weighted by Gasteiger charge is 2.29. The van der Waals surface area contributed by atoms with Gasteiger partial charge in [0.2, 0.25) is 0 Å². The first-order valence-corrected chi connectivity index (χ1v) is 22.6. The molecule has 6 aromatic carbocycles. The molecule has 0 atom stereocenters. The van der Waals surface area contributed by atoms with Gasteiger partial charge in [-0.05, 0) is 126 Å². The van der Waals surface area contributed by atoms with Crippen LogP contribution < -0.4 is 14.5 Å². The van der Waals surface area contributed by atoms with Gasteiger partial charge in [0.15, 0.2) is 0 Å². The Kier molecular flexibility index (Phi) is 9.60. The van der Waals surface area contributed by atoms with Crippen LogP contribution in [0, 0.1) is 0 Å². The molecule has 0 fully saturated rings. The lowest BCUT2D eigenvalue weighted by atomic mass is 9.80. The van der Waals surface area contributed by atoms with Crippen LogP contribution in [0.25, 0.3) is 55.1 Å². The Balaban J connectivity index is 1.04. The minimum atomic E-state index is -0.0380. The third-order valence-corrected chi connectivity index (χ3v) is 13.3. The molecule has 9 aromatic rings. The molecule has 64 heavy (non-hydrogen) atoms. The summed E-state index contributed by atoms with van der Waals surface area (Å²) in [5.74, 6) is 2.44. The fraction of sp³-hybridized carbons (Fsp3) is 0.259. The molecular formula is C58H59N5O. The van der Waals surface area contributed by atoms with E-state index in [1.165, 1.54) is 55.6 Å². The van der Waals surface area contributed by atoms with Crippen LogP contribution >= 0.6 is 0 Å². The van der Waals surface area contributed by atoms with Crippen LogP contribution in [0.15, 0.2) is 157 Å². The van der Waals surface area contributed by atoms with Gasteiger partial charge >= 0.3 is 0 Å². The van der Waals surface area contributed by atoms with Crippen LogP contribution in [0.5, 0.6) is 11.5 Å². The van der Waals surface area contributed by atoms with Crippen molar-refractivity contribution >= 4 is 55.0 Å². The zero-order valence-electron chi connectivity index (χ0n) is 39.2. The number of rotatable bonds is 6. The molecule has 6 nitrogen and oxygen atoms in total. The maximum Gasteiger partial charge on any atom is 0.137 e. The van der Waals surface area contributed by atoms with Crippen molar-refractivity contribution in [2.24, 2.45) is 0 Å². The highest BCUT2D eigenvalue weighted by atomic mass is 16.5. The number of aromatic nitrogens is 3. The van der Waals surface area contributed by atoms with E-state index in [4.69, 9.17) is 9.72 Å². The molecule has 0 N–H and O–H groups in total. The first kappa shape index (κ1) is 41.2. The standard InChI is InChI=1S/C58H59N5O/c1-37-38(2)61(44-30-40(57(6,7)8)29-41(31-44)58(9,10)11)36-60(37)42-17-16-18-45(33-42)64-46-24-25-49-50-34-43(62-51-21-14-12-19-47(51)48-20-13-15-22-52(48)62)23-26-53(50)63(54(49)35-46)55-32-39(27-28-59-55)56(3,4)5/h12-35H,36H2,1-11H3. The van der Waals surface area contributed by atoms with E-state index in [9.17, 15) is 0 Å². The van der Waals surface area contributed by atoms with E-state index in [2.05, 4.69) is 235 Å². The van der Waals surface area contributed by atoms with Gasteiger partial charge in [0, 0.05) is 68.3 Å². The normalized spacial score (nSPS) is 14.0. The summed E-state index contributed by atoms with van der Waals surface area (Å²) in [4.78, 5) is 9.85. The van der Waals surface area contributed by atoms with Gasteiger partial charge in [-0.1, -0.05) is 111 Å². The summed E-state index contributed by atoms with van der Waals surface area (Å²) >= 11 is 0. The van der Waals surface area contributed by atoms with Crippen molar-refractivity contribution in [2.75, 3.05) is 16.5 Å². The number of pyridine rings is 1. The fourth-order valence-corrected chi connectivity index (χ4v) is 9.42. The Morgan fingerprint density at radius 3 is 1.64 bits per heavy atom. The predicted octanol–water partition coefficient (Wildman–Crippen LogP) is 15.5. The summed E-state index contributed by atoms with van der Waals surface area (Å²) in [5, 5.41) is 4.79. The van der Waals surface area contributed by atoms with Gasteiger partial charge in [0.1, 0.15) is 17.3 Å². The second kappa shape index (κ2) is 14.9. The molecule has 3 aromatic heterocycles. The monoisotopic (exact) mass is 841 g/mol. The van der Waals surface area contributed by atoms with Gasteiger partial charge in [-0.3, -0.25) is 4.57 Å². The van der Waals surface area contributed by atoms with Gasteiger partial charge in [0.05, 0.1) is 28.7 Å². The molecule has 0 bridgehead atoms. The van der Waals surface area contributed by atoms with Crippen LogP contribution in [0.4, 0.5) is 11.4 Å². The summed E-state index contributed by atoms with van der Waals surface area (Å²) in [6.45, 7) is 25.8. The first-order chi connectivity index (χ1) is 30.4. The summed E-state index contributed by atoms with van der Waals surface area (Å²) in [5.41, 5.74) is 14.4. The fourth-order valence-electron chi connectivity index (χ4n) is 9.42. The van der Waals surface area contributed by atoms with E-state index in [1.54, 1.807) is 0 Å². The highest BCUT2D eigenvalue weighted by molar-refractivity contribution is 6.12. The number of nitrogens with zero attached hydrogens (tertiary/aromatic N) is 5. The average molecular weight is 842 g/mol. The Morgan fingerprint density at radius 1 is 0.422 bits per heavy atom. The molecule has 0 unspecified atom stereocenters. The zero-order chi connectivity index (χ0) is 44.9. The smallest absolute Gasteiger partial charge is 0.137 e. The lowest BCUT2D eigenvalue weighted by Crippen LogP contribution is -2.28. The van der Waals surface area contributed by atoms with Crippen molar-refractivity contribution in [3.05, 3.63) is 174 Å². The van der Waals surface area contributed by atoms with Crippen LogP contribution in [-0.4, -0.2) is 20.8 Å². The van der Waals surface area contributed by atoms with Crippen molar-refractivity contribution in [1.29, 1.82) is 0 Å². The summed E-state index contributed by atoms with van der Waals surface area (Å²) in [7, 11) is 0. The van der Waals surface area contributed by atoms with E-state index in [0.29, 0.717) is 0 Å².